The summed E-state index contributed by atoms with van der Waals surface area (Å²) >= 11 is 0. The maximum Gasteiger partial charge on any atom is 0.214 e. The number of nitrogens with one attached hydrogen (secondary N) is 1. The fourth-order valence-corrected chi connectivity index (χ4v) is 0.995. The van der Waals surface area contributed by atoms with Crippen LogP contribution in [-0.2, 0) is 14.2 Å². The molecular weight excluding hydrogens is 210 g/mol. The monoisotopic (exact) mass is 235 g/mol. The first-order valence-electron chi connectivity index (χ1n) is 5.70. The Morgan fingerprint density at radius 2 is 1.75 bits per heavy atom. The van der Waals surface area contributed by atoms with Crippen LogP contribution in [-0.4, -0.2) is 50.1 Å². The third-order valence-electron chi connectivity index (χ3n) is 1.61. The Kier molecular flexibility index (Phi) is 8.78. The molecule has 0 aliphatic heterocycles. The van der Waals surface area contributed by atoms with Gasteiger partial charge in [0.05, 0.1) is 25.4 Å². The maximum atomic E-state index is 9.41. The number of hydrogen-bond donors (Lipinski definition) is 2. The smallest absolute Gasteiger partial charge is 0.214 e. The second-order valence-corrected chi connectivity index (χ2v) is 4.35. The summed E-state index contributed by atoms with van der Waals surface area (Å²) in [5.41, 5.74) is -0.359. The topological polar surface area (TPSA) is 60.0 Å². The average molecular weight is 235 g/mol. The van der Waals surface area contributed by atoms with Crippen molar-refractivity contribution in [3.8, 4) is 0 Å². The number of hydrogen-bond acceptors (Lipinski definition) is 5. The minimum atomic E-state index is -0.949. The van der Waals surface area contributed by atoms with Gasteiger partial charge >= 0.3 is 0 Å². The highest BCUT2D eigenvalue weighted by Gasteiger charge is 2.15. The first-order chi connectivity index (χ1) is 7.45. The van der Waals surface area contributed by atoms with Gasteiger partial charge in [-0.3, -0.25) is 5.32 Å². The standard InChI is InChI=1S/C11H25NO4/c1-5-14-8-9-15-7-6-12-10(13)16-11(2,3)4/h10,12-13H,5-9H2,1-4H3. The van der Waals surface area contributed by atoms with Crippen LogP contribution in [0.25, 0.3) is 0 Å². The van der Waals surface area contributed by atoms with Crippen molar-refractivity contribution in [3.63, 3.8) is 0 Å². The van der Waals surface area contributed by atoms with Gasteiger partial charge in [-0.15, -0.1) is 0 Å². The number of ether oxygens (including phenoxy) is 3. The second kappa shape index (κ2) is 8.90. The molecule has 16 heavy (non-hydrogen) atoms. The highest BCUT2D eigenvalue weighted by molar-refractivity contribution is 4.59. The lowest BCUT2D eigenvalue weighted by atomic mass is 10.2. The molecule has 5 nitrogen and oxygen atoms in total. The molecule has 0 aromatic carbocycles. The van der Waals surface area contributed by atoms with Crippen molar-refractivity contribution in [1.82, 2.24) is 5.32 Å². The predicted octanol–water partition coefficient (Wildman–Crippen LogP) is 0.720. The maximum absolute atomic E-state index is 9.41. The van der Waals surface area contributed by atoms with Crippen molar-refractivity contribution in [2.75, 3.05) is 33.0 Å². The largest absolute Gasteiger partial charge is 0.379 e. The van der Waals surface area contributed by atoms with Crippen LogP contribution in [0.5, 0.6) is 0 Å². The van der Waals surface area contributed by atoms with E-state index in [4.69, 9.17) is 14.2 Å². The number of aliphatic hydroxyl groups excluding tert-OH is 1. The van der Waals surface area contributed by atoms with E-state index in [0.29, 0.717) is 33.0 Å². The summed E-state index contributed by atoms with van der Waals surface area (Å²) in [7, 11) is 0. The summed E-state index contributed by atoms with van der Waals surface area (Å²) < 4.78 is 15.6. The van der Waals surface area contributed by atoms with E-state index in [0.717, 1.165) is 0 Å². The Morgan fingerprint density at radius 1 is 1.12 bits per heavy atom. The molecule has 98 valence electrons. The third-order valence-corrected chi connectivity index (χ3v) is 1.61. The van der Waals surface area contributed by atoms with Gasteiger partial charge in [0.15, 0.2) is 0 Å². The summed E-state index contributed by atoms with van der Waals surface area (Å²) in [4.78, 5) is 0. The van der Waals surface area contributed by atoms with Gasteiger partial charge in [-0.2, -0.15) is 0 Å². The van der Waals surface area contributed by atoms with E-state index in [1.807, 2.05) is 27.7 Å². The van der Waals surface area contributed by atoms with Crippen LogP contribution in [0.4, 0.5) is 0 Å². The van der Waals surface area contributed by atoms with E-state index in [1.165, 1.54) is 0 Å². The molecular formula is C11H25NO4. The van der Waals surface area contributed by atoms with Crippen LogP contribution >= 0.6 is 0 Å². The molecule has 0 saturated carbocycles. The van der Waals surface area contributed by atoms with Gasteiger partial charge < -0.3 is 19.3 Å². The molecule has 0 aromatic heterocycles. The first-order valence-corrected chi connectivity index (χ1v) is 5.70. The van der Waals surface area contributed by atoms with Crippen molar-refractivity contribution in [3.05, 3.63) is 0 Å². The van der Waals surface area contributed by atoms with Crippen LogP contribution in [0.1, 0.15) is 27.7 Å². The quantitative estimate of drug-likeness (QED) is 0.455. The molecule has 0 saturated heterocycles. The Morgan fingerprint density at radius 3 is 2.31 bits per heavy atom. The summed E-state index contributed by atoms with van der Waals surface area (Å²) in [5.74, 6) is 0. The molecule has 2 N–H and O–H groups in total. The van der Waals surface area contributed by atoms with E-state index in [9.17, 15) is 5.11 Å². The summed E-state index contributed by atoms with van der Waals surface area (Å²) in [5, 5.41) is 12.2. The van der Waals surface area contributed by atoms with Gasteiger partial charge in [0.1, 0.15) is 0 Å². The van der Waals surface area contributed by atoms with Crippen molar-refractivity contribution in [2.24, 2.45) is 0 Å². The van der Waals surface area contributed by atoms with Gasteiger partial charge in [0.25, 0.3) is 0 Å². The van der Waals surface area contributed by atoms with Gasteiger partial charge in [-0.25, -0.2) is 0 Å². The minimum Gasteiger partial charge on any atom is -0.379 e. The number of rotatable bonds is 9. The van der Waals surface area contributed by atoms with E-state index < -0.39 is 6.41 Å². The average Bonchev–Trinajstić information content (AvgIpc) is 2.13. The third kappa shape index (κ3) is 11.9. The molecule has 0 amide bonds. The Bertz CT molecular complexity index is 159. The highest BCUT2D eigenvalue weighted by atomic mass is 16.6. The van der Waals surface area contributed by atoms with Crippen molar-refractivity contribution in [1.29, 1.82) is 0 Å². The molecule has 0 spiro atoms. The van der Waals surface area contributed by atoms with E-state index in [1.54, 1.807) is 0 Å². The van der Waals surface area contributed by atoms with Gasteiger partial charge in [0, 0.05) is 13.2 Å². The first kappa shape index (κ1) is 15.8. The molecule has 1 unspecified atom stereocenters. The van der Waals surface area contributed by atoms with E-state index in [2.05, 4.69) is 5.32 Å². The normalized spacial score (nSPS) is 14.1. The van der Waals surface area contributed by atoms with E-state index >= 15 is 0 Å². The van der Waals surface area contributed by atoms with Gasteiger partial charge in [-0.05, 0) is 27.7 Å². The zero-order valence-electron chi connectivity index (χ0n) is 10.8. The molecule has 0 fully saturated rings. The zero-order chi connectivity index (χ0) is 12.4. The summed E-state index contributed by atoms with van der Waals surface area (Å²) in [6.07, 6.45) is -0.949. The minimum absolute atomic E-state index is 0.359. The lowest BCUT2D eigenvalue weighted by Crippen LogP contribution is -2.39. The summed E-state index contributed by atoms with van der Waals surface area (Å²) in [6.45, 7) is 10.6. The predicted molar refractivity (Wildman–Crippen MR) is 62.2 cm³/mol. The van der Waals surface area contributed by atoms with Crippen LogP contribution in [0, 0.1) is 0 Å². The van der Waals surface area contributed by atoms with Crippen LogP contribution in [0.15, 0.2) is 0 Å². The molecule has 1 atom stereocenters. The fraction of sp³-hybridized carbons (Fsp3) is 1.00. The molecule has 0 aliphatic rings. The van der Waals surface area contributed by atoms with Gasteiger partial charge in [0.2, 0.25) is 6.41 Å². The van der Waals surface area contributed by atoms with Crippen LogP contribution in [0.3, 0.4) is 0 Å². The molecule has 0 rings (SSSR count). The Balaban J connectivity index is 3.25. The summed E-state index contributed by atoms with van der Waals surface area (Å²) in [6, 6.07) is 0. The van der Waals surface area contributed by atoms with Crippen LogP contribution in [0.2, 0.25) is 0 Å². The molecule has 5 heteroatoms. The second-order valence-electron chi connectivity index (χ2n) is 4.35. The fourth-order valence-electron chi connectivity index (χ4n) is 0.995. The zero-order valence-corrected chi connectivity index (χ0v) is 10.8. The van der Waals surface area contributed by atoms with Gasteiger partial charge in [-0.1, -0.05) is 0 Å². The number of aliphatic hydroxyl groups is 1. The highest BCUT2D eigenvalue weighted by Crippen LogP contribution is 2.07. The van der Waals surface area contributed by atoms with Crippen molar-refractivity contribution in [2.45, 2.75) is 39.7 Å². The molecule has 0 aromatic rings. The molecule has 0 bridgehead atoms. The van der Waals surface area contributed by atoms with E-state index in [-0.39, 0.29) is 5.60 Å². The molecule has 0 aliphatic carbocycles. The Labute approximate surface area is 98.1 Å². The van der Waals surface area contributed by atoms with Crippen molar-refractivity contribution < 1.29 is 19.3 Å². The molecule has 0 radical (unpaired) electrons. The Hall–Kier alpha value is -0.200. The lowest BCUT2D eigenvalue weighted by molar-refractivity contribution is -0.182. The SMILES string of the molecule is CCOCCOCCNC(O)OC(C)(C)C. The van der Waals surface area contributed by atoms with Crippen molar-refractivity contribution >= 4 is 0 Å². The molecule has 0 heterocycles. The van der Waals surface area contributed by atoms with Crippen LogP contribution < -0.4 is 5.32 Å². The lowest BCUT2D eigenvalue weighted by Gasteiger charge is -2.24.